The third-order valence-electron chi connectivity index (χ3n) is 15.9. The van der Waals surface area contributed by atoms with Gasteiger partial charge >= 0.3 is 0 Å². The Morgan fingerprint density at radius 2 is 0.640 bits per heavy atom. The molecule has 75 heavy (non-hydrogen) atoms. The van der Waals surface area contributed by atoms with Crippen LogP contribution in [-0.2, 0) is 5.41 Å². The van der Waals surface area contributed by atoms with Gasteiger partial charge < -0.3 is 9.32 Å². The normalized spacial score (nSPS) is 13.9. The van der Waals surface area contributed by atoms with Crippen LogP contribution in [0.25, 0.3) is 99.8 Å². The monoisotopic (exact) mass is 953 g/mol. The van der Waals surface area contributed by atoms with Crippen molar-refractivity contribution < 1.29 is 4.42 Å². The van der Waals surface area contributed by atoms with Crippen molar-refractivity contribution in [2.75, 3.05) is 4.90 Å². The summed E-state index contributed by atoms with van der Waals surface area (Å²) in [7, 11) is 0. The minimum absolute atomic E-state index is 0.591. The van der Waals surface area contributed by atoms with E-state index in [2.05, 4.69) is 278 Å². The van der Waals surface area contributed by atoms with Crippen molar-refractivity contribution in [2.24, 2.45) is 0 Å². The summed E-state index contributed by atoms with van der Waals surface area (Å²) in [6, 6.07) is 105. The van der Waals surface area contributed by atoms with Crippen LogP contribution in [0.1, 0.15) is 22.3 Å². The number of rotatable bonds is 8. The lowest BCUT2D eigenvalue weighted by molar-refractivity contribution is 0.670. The Balaban J connectivity index is 0.905. The first-order valence-electron chi connectivity index (χ1n) is 25.9. The molecule has 0 amide bonds. The van der Waals surface area contributed by atoms with Gasteiger partial charge in [0.05, 0.1) is 5.41 Å². The maximum atomic E-state index is 6.50. The molecular weight excluding hydrogens is 907 g/mol. The zero-order valence-corrected chi connectivity index (χ0v) is 41.0. The summed E-state index contributed by atoms with van der Waals surface area (Å²) in [4.78, 5) is 2.44. The Morgan fingerprint density at radius 1 is 0.240 bits per heavy atom. The summed E-state index contributed by atoms with van der Waals surface area (Å²) in [5, 5.41) is 2.27. The number of hydrogen-bond donors (Lipinski definition) is 0. The van der Waals surface area contributed by atoms with Crippen molar-refractivity contribution in [3.8, 4) is 77.9 Å². The minimum Gasteiger partial charge on any atom is -0.455 e. The lowest BCUT2D eigenvalue weighted by Gasteiger charge is -2.32. The molecule has 0 saturated heterocycles. The second-order valence-corrected chi connectivity index (χ2v) is 19.9. The molecule has 2 heteroatoms. The summed E-state index contributed by atoms with van der Waals surface area (Å²) in [5.74, 6) is 0. The molecule has 0 radical (unpaired) electrons. The van der Waals surface area contributed by atoms with Gasteiger partial charge in [0.1, 0.15) is 11.2 Å². The van der Waals surface area contributed by atoms with Crippen LogP contribution in [0, 0.1) is 0 Å². The van der Waals surface area contributed by atoms with E-state index >= 15 is 0 Å². The molecule has 2 aliphatic rings. The Hall–Kier alpha value is -9.76. The van der Waals surface area contributed by atoms with Crippen LogP contribution in [0.5, 0.6) is 0 Å². The zero-order chi connectivity index (χ0) is 49.5. The fourth-order valence-electron chi connectivity index (χ4n) is 12.5. The quantitative estimate of drug-likeness (QED) is 0.151. The second-order valence-electron chi connectivity index (χ2n) is 19.9. The average molecular weight is 954 g/mol. The number of fused-ring (bicyclic) bond motifs is 13. The summed E-state index contributed by atoms with van der Waals surface area (Å²) < 4.78 is 6.50. The molecule has 12 aromatic carbocycles. The average Bonchev–Trinajstić information content (AvgIpc) is 4.33. The molecule has 0 aliphatic heterocycles. The van der Waals surface area contributed by atoms with Crippen LogP contribution in [0.4, 0.5) is 17.1 Å². The molecule has 13 aromatic rings. The molecular formula is C73H47NO. The number of benzene rings is 12. The first kappa shape index (κ1) is 42.9. The standard InChI is InChI=1S/C73H47NO/c1-4-16-48(17-5-1)51-30-36-57(37-31-51)74(58-38-32-52(33-39-58)53-22-14-23-56(44-53)60-26-15-27-66-65-25-11-13-29-71(65)75-72(60)66)59-40-43-64-63-42-35-55(50-20-8-3-9-21-50)46-69(63)73(70(64)47-59)67-28-12-10-24-61(67)62-41-34-54(45-68(62)73)49-18-6-2-7-19-49/h1-47H. The summed E-state index contributed by atoms with van der Waals surface area (Å²) in [6.07, 6.45) is 0. The van der Waals surface area contributed by atoms with Gasteiger partial charge in [-0.1, -0.05) is 224 Å². The number of anilines is 3. The Morgan fingerprint density at radius 3 is 1.28 bits per heavy atom. The van der Waals surface area contributed by atoms with Gasteiger partial charge in [0, 0.05) is 33.4 Å². The molecule has 1 spiro atoms. The van der Waals surface area contributed by atoms with Gasteiger partial charge in [0.15, 0.2) is 0 Å². The highest BCUT2D eigenvalue weighted by atomic mass is 16.3. The fraction of sp³-hybridized carbons (Fsp3) is 0.0137. The van der Waals surface area contributed by atoms with Gasteiger partial charge in [0.2, 0.25) is 0 Å². The third kappa shape index (κ3) is 6.80. The lowest BCUT2D eigenvalue weighted by atomic mass is 9.69. The summed E-state index contributed by atoms with van der Waals surface area (Å²) in [6.45, 7) is 0. The zero-order valence-electron chi connectivity index (χ0n) is 41.0. The van der Waals surface area contributed by atoms with Crippen molar-refractivity contribution in [1.29, 1.82) is 0 Å². The molecule has 0 saturated carbocycles. The Labute approximate surface area is 436 Å². The van der Waals surface area contributed by atoms with Gasteiger partial charge in [0.25, 0.3) is 0 Å². The first-order chi connectivity index (χ1) is 37.2. The van der Waals surface area contributed by atoms with Crippen LogP contribution >= 0.6 is 0 Å². The van der Waals surface area contributed by atoms with E-state index in [4.69, 9.17) is 4.42 Å². The van der Waals surface area contributed by atoms with E-state index in [0.29, 0.717) is 0 Å². The molecule has 2 nitrogen and oxygen atoms in total. The molecule has 1 unspecified atom stereocenters. The highest BCUT2D eigenvalue weighted by Crippen LogP contribution is 2.64. The maximum Gasteiger partial charge on any atom is 0.143 e. The van der Waals surface area contributed by atoms with E-state index in [1.807, 2.05) is 12.1 Å². The number of para-hydroxylation sites is 2. The Bertz CT molecular complexity index is 4270. The van der Waals surface area contributed by atoms with Gasteiger partial charge in [-0.3, -0.25) is 0 Å². The molecule has 1 heterocycles. The first-order valence-corrected chi connectivity index (χ1v) is 25.9. The summed E-state index contributed by atoms with van der Waals surface area (Å²) in [5.41, 5.74) is 26.5. The van der Waals surface area contributed by atoms with E-state index in [1.54, 1.807) is 0 Å². The highest BCUT2D eigenvalue weighted by Gasteiger charge is 2.52. The molecule has 0 fully saturated rings. The van der Waals surface area contributed by atoms with Gasteiger partial charge in [-0.25, -0.2) is 0 Å². The molecule has 2 aliphatic carbocycles. The van der Waals surface area contributed by atoms with Crippen LogP contribution in [0.2, 0.25) is 0 Å². The van der Waals surface area contributed by atoms with Crippen molar-refractivity contribution in [3.05, 3.63) is 307 Å². The van der Waals surface area contributed by atoms with E-state index in [9.17, 15) is 0 Å². The van der Waals surface area contributed by atoms with E-state index in [0.717, 1.165) is 61.3 Å². The van der Waals surface area contributed by atoms with Gasteiger partial charge in [-0.2, -0.15) is 0 Å². The second kappa shape index (κ2) is 17.2. The van der Waals surface area contributed by atoms with Crippen LogP contribution in [0.3, 0.4) is 0 Å². The number of nitrogens with zero attached hydrogens (tertiary/aromatic N) is 1. The van der Waals surface area contributed by atoms with Crippen molar-refractivity contribution >= 4 is 39.0 Å². The molecule has 1 atom stereocenters. The lowest BCUT2D eigenvalue weighted by Crippen LogP contribution is -2.26. The summed E-state index contributed by atoms with van der Waals surface area (Å²) >= 11 is 0. The topological polar surface area (TPSA) is 16.4 Å². The number of furan rings is 1. The molecule has 0 N–H and O–H groups in total. The predicted octanol–water partition coefficient (Wildman–Crippen LogP) is 19.7. The third-order valence-corrected chi connectivity index (χ3v) is 15.9. The van der Waals surface area contributed by atoms with Crippen molar-refractivity contribution in [1.82, 2.24) is 0 Å². The molecule has 0 bridgehead atoms. The maximum absolute atomic E-state index is 6.50. The van der Waals surface area contributed by atoms with Crippen LogP contribution in [-0.4, -0.2) is 0 Å². The van der Waals surface area contributed by atoms with E-state index < -0.39 is 5.41 Å². The molecule has 1 aromatic heterocycles. The fourth-order valence-corrected chi connectivity index (χ4v) is 12.5. The predicted molar refractivity (Wildman–Crippen MR) is 312 cm³/mol. The van der Waals surface area contributed by atoms with E-state index in [-0.39, 0.29) is 0 Å². The number of hydrogen-bond acceptors (Lipinski definition) is 2. The smallest absolute Gasteiger partial charge is 0.143 e. The highest BCUT2D eigenvalue weighted by molar-refractivity contribution is 6.09. The van der Waals surface area contributed by atoms with Crippen LogP contribution in [0.15, 0.2) is 290 Å². The minimum atomic E-state index is -0.591. The van der Waals surface area contributed by atoms with Crippen LogP contribution < -0.4 is 4.90 Å². The van der Waals surface area contributed by atoms with E-state index in [1.165, 1.54) is 77.9 Å². The molecule has 15 rings (SSSR count). The SMILES string of the molecule is c1ccc(-c2ccc(N(c3ccc(-c4cccc(-c5cccc6c5oc5ccccc56)c4)cc3)c3ccc4c(c3)C3(c5ccccc5-c5ccc(-c6ccccc6)cc53)c3cc(-c5ccccc5)ccc3-4)cc2)cc1. The molecule has 350 valence electrons. The van der Waals surface area contributed by atoms with Crippen molar-refractivity contribution in [2.45, 2.75) is 5.41 Å². The largest absolute Gasteiger partial charge is 0.455 e. The van der Waals surface area contributed by atoms with Gasteiger partial charge in [-0.15, -0.1) is 0 Å². The van der Waals surface area contributed by atoms with Gasteiger partial charge in [-0.05, 0) is 155 Å². The Kier molecular flexibility index (Phi) is 9.83. The van der Waals surface area contributed by atoms with Crippen molar-refractivity contribution in [3.63, 3.8) is 0 Å².